The highest BCUT2D eigenvalue weighted by molar-refractivity contribution is 5.84. The van der Waals surface area contributed by atoms with Gasteiger partial charge in [-0.2, -0.15) is 9.97 Å². The van der Waals surface area contributed by atoms with Gasteiger partial charge < -0.3 is 25.4 Å². The molecule has 0 aliphatic heterocycles. The molecule has 34 heavy (non-hydrogen) atoms. The Morgan fingerprint density at radius 1 is 1.09 bits per heavy atom. The van der Waals surface area contributed by atoms with Crippen LogP contribution in [-0.2, 0) is 13.1 Å². The van der Waals surface area contributed by atoms with Gasteiger partial charge in [-0.05, 0) is 37.6 Å². The van der Waals surface area contributed by atoms with Crippen molar-refractivity contribution >= 4 is 22.9 Å². The summed E-state index contributed by atoms with van der Waals surface area (Å²) in [6, 6.07) is 13.8. The van der Waals surface area contributed by atoms with Crippen molar-refractivity contribution in [2.24, 2.45) is 5.92 Å². The molecule has 0 aliphatic carbocycles. The molecule has 8 nitrogen and oxygen atoms in total. The molecule has 0 aliphatic rings. The van der Waals surface area contributed by atoms with Gasteiger partial charge in [-0.1, -0.05) is 37.3 Å². The van der Waals surface area contributed by atoms with Crippen molar-refractivity contribution < 1.29 is 14.6 Å². The summed E-state index contributed by atoms with van der Waals surface area (Å²) in [7, 11) is 0. The molecule has 2 aromatic carbocycles. The molecular formula is C25H29FN6O2. The van der Waals surface area contributed by atoms with Crippen LogP contribution < -0.4 is 10.6 Å². The predicted molar refractivity (Wildman–Crippen MR) is 130 cm³/mol. The van der Waals surface area contributed by atoms with Crippen LogP contribution in [0.1, 0.15) is 31.9 Å². The predicted octanol–water partition coefficient (Wildman–Crippen LogP) is 4.15. The first-order valence-corrected chi connectivity index (χ1v) is 11.1. The first-order valence-electron chi connectivity index (χ1n) is 11.1. The lowest BCUT2D eigenvalue weighted by Crippen LogP contribution is -2.33. The third-order valence-electron chi connectivity index (χ3n) is 5.92. The molecular weight excluding hydrogens is 435 g/mol. The lowest BCUT2D eigenvalue weighted by Gasteiger charge is -2.26. The number of halogens is 1. The summed E-state index contributed by atoms with van der Waals surface area (Å²) >= 11 is 0. The van der Waals surface area contributed by atoms with Crippen molar-refractivity contribution in [1.29, 1.82) is 0 Å². The molecule has 0 fully saturated rings. The highest BCUT2D eigenvalue weighted by atomic mass is 19.1. The maximum Gasteiger partial charge on any atom is 0.226 e. The normalized spacial score (nSPS) is 12.6. The molecule has 178 valence electrons. The van der Waals surface area contributed by atoms with Gasteiger partial charge in [-0.25, -0.2) is 9.37 Å². The van der Waals surface area contributed by atoms with Gasteiger partial charge in [0, 0.05) is 24.6 Å². The Bertz CT molecular complexity index is 1270. The molecule has 0 amide bonds. The van der Waals surface area contributed by atoms with Crippen molar-refractivity contribution in [2.75, 3.05) is 17.2 Å². The topological polar surface area (TPSA) is 108 Å². The lowest BCUT2D eigenvalue weighted by atomic mass is 9.93. The van der Waals surface area contributed by atoms with E-state index in [9.17, 15) is 14.6 Å². The molecule has 0 spiro atoms. The van der Waals surface area contributed by atoms with Crippen LogP contribution in [0.4, 0.5) is 16.2 Å². The number of hydrogen-bond acceptors (Lipinski definition) is 7. The number of nitrogens with zero attached hydrogens (tertiary/aromatic N) is 4. The van der Waals surface area contributed by atoms with Crippen molar-refractivity contribution in [2.45, 2.75) is 39.5 Å². The summed E-state index contributed by atoms with van der Waals surface area (Å²) in [5.74, 6) is 0.341. The summed E-state index contributed by atoms with van der Waals surface area (Å²) in [4.78, 5) is 13.8. The zero-order valence-electron chi connectivity index (χ0n) is 19.5. The van der Waals surface area contributed by atoms with Crippen LogP contribution in [0.15, 0.2) is 54.9 Å². The molecule has 0 saturated carbocycles. The molecule has 0 saturated heterocycles. The monoisotopic (exact) mass is 464 g/mol. The van der Waals surface area contributed by atoms with Gasteiger partial charge >= 0.3 is 0 Å². The van der Waals surface area contributed by atoms with E-state index in [1.165, 1.54) is 18.2 Å². The van der Waals surface area contributed by atoms with Crippen LogP contribution >= 0.6 is 0 Å². The number of nitrogens with one attached hydrogen (secondary N) is 2. The standard InChI is InChI=1S/C25H29FN6O2/c1-16(25(2,3)34)12-28-24-30-22(27-13-18-11-19(26)9-10-20(18)33)21-23(31-24)32(15-29-21)14-17-7-5-4-6-8-17/h4-11,15-16,33-34H,12-14H2,1-3H3,(H2,27,28,30,31). The number of aromatic hydroxyl groups is 1. The maximum atomic E-state index is 13.7. The Balaban J connectivity index is 1.66. The number of phenols is 1. The second kappa shape index (κ2) is 9.64. The molecule has 1 atom stereocenters. The summed E-state index contributed by atoms with van der Waals surface area (Å²) < 4.78 is 15.6. The molecule has 0 bridgehead atoms. The van der Waals surface area contributed by atoms with Crippen LogP contribution in [0.2, 0.25) is 0 Å². The Labute approximate surface area is 197 Å². The van der Waals surface area contributed by atoms with Crippen LogP contribution in [0.3, 0.4) is 0 Å². The summed E-state index contributed by atoms with van der Waals surface area (Å²) in [5.41, 5.74) is 1.84. The second-order valence-electron chi connectivity index (χ2n) is 8.99. The van der Waals surface area contributed by atoms with Crippen molar-refractivity contribution in [3.63, 3.8) is 0 Å². The molecule has 0 radical (unpaired) electrons. The summed E-state index contributed by atoms with van der Waals surface area (Å²) in [6.07, 6.45) is 1.71. The van der Waals surface area contributed by atoms with Gasteiger partial charge in [0.15, 0.2) is 17.0 Å². The number of benzene rings is 2. The van der Waals surface area contributed by atoms with E-state index in [1.807, 2.05) is 41.8 Å². The number of imidazole rings is 1. The van der Waals surface area contributed by atoms with Gasteiger partial charge in [-0.3, -0.25) is 0 Å². The van der Waals surface area contributed by atoms with E-state index in [1.54, 1.807) is 20.2 Å². The summed E-state index contributed by atoms with van der Waals surface area (Å²) in [6.45, 7) is 6.66. The van der Waals surface area contributed by atoms with Crippen molar-refractivity contribution in [3.05, 3.63) is 71.8 Å². The Kier molecular flexibility index (Phi) is 6.65. The van der Waals surface area contributed by atoms with E-state index in [0.717, 1.165) is 5.56 Å². The van der Waals surface area contributed by atoms with Gasteiger partial charge in [0.2, 0.25) is 5.95 Å². The van der Waals surface area contributed by atoms with E-state index in [2.05, 4.69) is 25.6 Å². The van der Waals surface area contributed by atoms with Gasteiger partial charge in [0.1, 0.15) is 11.6 Å². The van der Waals surface area contributed by atoms with Crippen LogP contribution in [0, 0.1) is 11.7 Å². The molecule has 1 unspecified atom stereocenters. The SMILES string of the molecule is CC(CNc1nc(NCc2cc(F)ccc2O)c2ncn(Cc3ccccc3)c2n1)C(C)(C)O. The highest BCUT2D eigenvalue weighted by Crippen LogP contribution is 2.25. The number of aromatic nitrogens is 4. The minimum Gasteiger partial charge on any atom is -0.508 e. The van der Waals surface area contributed by atoms with Gasteiger partial charge in [0.05, 0.1) is 18.5 Å². The Morgan fingerprint density at radius 3 is 2.59 bits per heavy atom. The smallest absolute Gasteiger partial charge is 0.226 e. The fourth-order valence-corrected chi connectivity index (χ4v) is 3.41. The lowest BCUT2D eigenvalue weighted by molar-refractivity contribution is 0.0303. The minimum atomic E-state index is -0.859. The summed E-state index contributed by atoms with van der Waals surface area (Å²) in [5, 5.41) is 26.7. The third kappa shape index (κ3) is 5.43. The largest absolute Gasteiger partial charge is 0.508 e. The molecule has 2 aromatic heterocycles. The molecule has 4 aromatic rings. The van der Waals surface area contributed by atoms with Crippen molar-refractivity contribution in [1.82, 2.24) is 19.5 Å². The number of anilines is 2. The average molecular weight is 465 g/mol. The fraction of sp³-hybridized carbons (Fsp3) is 0.320. The minimum absolute atomic E-state index is 0.00819. The molecule has 9 heteroatoms. The first kappa shape index (κ1) is 23.4. The Hall–Kier alpha value is -3.72. The number of phenolic OH excluding ortho intramolecular Hbond substituents is 1. The van der Waals surface area contributed by atoms with E-state index >= 15 is 0 Å². The quantitative estimate of drug-likeness (QED) is 0.295. The number of fused-ring (bicyclic) bond motifs is 1. The van der Waals surface area contributed by atoms with Crippen molar-refractivity contribution in [3.8, 4) is 5.75 Å². The number of aliphatic hydroxyl groups is 1. The van der Waals surface area contributed by atoms with Gasteiger partial charge in [0.25, 0.3) is 0 Å². The zero-order valence-corrected chi connectivity index (χ0v) is 19.5. The van der Waals surface area contributed by atoms with Crippen LogP contribution in [-0.4, -0.2) is 41.9 Å². The maximum absolute atomic E-state index is 13.7. The second-order valence-corrected chi connectivity index (χ2v) is 8.99. The fourth-order valence-electron chi connectivity index (χ4n) is 3.41. The number of hydrogen-bond donors (Lipinski definition) is 4. The van der Waals surface area contributed by atoms with E-state index in [4.69, 9.17) is 0 Å². The average Bonchev–Trinajstić information content (AvgIpc) is 3.20. The van der Waals surface area contributed by atoms with Gasteiger partial charge in [-0.15, -0.1) is 0 Å². The first-order chi connectivity index (χ1) is 16.2. The van der Waals surface area contributed by atoms with Crippen LogP contribution in [0.25, 0.3) is 11.2 Å². The van der Waals surface area contributed by atoms with E-state index < -0.39 is 11.4 Å². The van der Waals surface area contributed by atoms with E-state index in [0.29, 0.717) is 41.6 Å². The van der Waals surface area contributed by atoms with E-state index in [-0.39, 0.29) is 18.2 Å². The zero-order chi connectivity index (χ0) is 24.3. The highest BCUT2D eigenvalue weighted by Gasteiger charge is 2.22. The third-order valence-corrected chi connectivity index (χ3v) is 5.92. The number of rotatable bonds is 9. The Morgan fingerprint density at radius 2 is 1.85 bits per heavy atom. The molecule has 4 rings (SSSR count). The van der Waals surface area contributed by atoms with Crippen LogP contribution in [0.5, 0.6) is 5.75 Å². The molecule has 2 heterocycles. The molecule has 4 N–H and O–H groups in total.